The molecule has 1 aromatic carbocycles. The second-order valence-electron chi connectivity index (χ2n) is 5.87. The maximum absolute atomic E-state index is 6.32. The first kappa shape index (κ1) is 13.5. The average Bonchev–Trinajstić information content (AvgIpc) is 2.77. The van der Waals surface area contributed by atoms with Gasteiger partial charge < -0.3 is 15.0 Å². The van der Waals surface area contributed by atoms with Crippen LogP contribution in [0.3, 0.4) is 0 Å². The van der Waals surface area contributed by atoms with Crippen LogP contribution in [0.1, 0.15) is 18.4 Å². The fourth-order valence-electron chi connectivity index (χ4n) is 3.51. The number of hydrogen-bond donors (Lipinski definition) is 1. The maximum Gasteiger partial charge on any atom is 0.147 e. The maximum atomic E-state index is 6.32. The molecule has 2 aromatic rings. The third-order valence-electron chi connectivity index (χ3n) is 4.66. The van der Waals surface area contributed by atoms with Gasteiger partial charge in [-0.15, -0.1) is 0 Å². The lowest BCUT2D eigenvalue weighted by atomic mass is 9.83. The summed E-state index contributed by atoms with van der Waals surface area (Å²) < 4.78 is 6.32. The molecule has 1 aromatic heterocycles. The highest BCUT2D eigenvalue weighted by atomic mass is 16.5. The van der Waals surface area contributed by atoms with Gasteiger partial charge in [0.15, 0.2) is 0 Å². The zero-order valence-corrected chi connectivity index (χ0v) is 12.5. The second-order valence-corrected chi connectivity index (χ2v) is 5.87. The van der Waals surface area contributed by atoms with Crippen molar-refractivity contribution < 1.29 is 4.74 Å². The van der Waals surface area contributed by atoms with Gasteiger partial charge in [-0.3, -0.25) is 4.98 Å². The zero-order valence-electron chi connectivity index (χ0n) is 12.5. The lowest BCUT2D eigenvalue weighted by Crippen LogP contribution is -2.44. The molecular formula is C17H20N4O. The van der Waals surface area contributed by atoms with Gasteiger partial charge in [0.05, 0.1) is 18.4 Å². The first-order valence-electron chi connectivity index (χ1n) is 7.86. The molecule has 0 atom stereocenters. The van der Waals surface area contributed by atoms with Gasteiger partial charge in [0.1, 0.15) is 5.82 Å². The Kier molecular flexibility index (Phi) is 3.42. The van der Waals surface area contributed by atoms with Crippen LogP contribution >= 0.6 is 0 Å². The van der Waals surface area contributed by atoms with Crippen LogP contribution in [0.2, 0.25) is 0 Å². The number of nitrogens with zero attached hydrogens (tertiary/aromatic N) is 3. The van der Waals surface area contributed by atoms with E-state index in [9.17, 15) is 0 Å². The van der Waals surface area contributed by atoms with E-state index in [2.05, 4.69) is 44.5 Å². The minimum atomic E-state index is -0.168. The van der Waals surface area contributed by atoms with E-state index in [4.69, 9.17) is 4.74 Å². The highest BCUT2D eigenvalue weighted by Gasteiger charge is 2.40. The summed E-state index contributed by atoms with van der Waals surface area (Å²) in [6.07, 6.45) is 7.25. The van der Waals surface area contributed by atoms with Gasteiger partial charge in [-0.1, -0.05) is 18.2 Å². The Labute approximate surface area is 130 Å². The summed E-state index contributed by atoms with van der Waals surface area (Å²) >= 11 is 0. The van der Waals surface area contributed by atoms with E-state index in [0.29, 0.717) is 0 Å². The Morgan fingerprint density at radius 2 is 2.00 bits per heavy atom. The Morgan fingerprint density at radius 1 is 1.14 bits per heavy atom. The van der Waals surface area contributed by atoms with Crippen molar-refractivity contribution in [1.82, 2.24) is 9.97 Å². The van der Waals surface area contributed by atoms with Crippen molar-refractivity contribution in [2.45, 2.75) is 18.4 Å². The number of aromatic nitrogens is 2. The molecule has 5 nitrogen and oxygen atoms in total. The SMILES string of the molecule is c1ccc2c(c1)NCCOC21CCN(c2cnccn2)CC1. The predicted molar refractivity (Wildman–Crippen MR) is 86.0 cm³/mol. The van der Waals surface area contributed by atoms with Crippen LogP contribution in [0.5, 0.6) is 0 Å². The third kappa shape index (κ3) is 2.31. The molecule has 1 saturated heterocycles. The number of rotatable bonds is 1. The minimum absolute atomic E-state index is 0.168. The number of benzene rings is 1. The van der Waals surface area contributed by atoms with Gasteiger partial charge in [0.2, 0.25) is 0 Å². The van der Waals surface area contributed by atoms with Gasteiger partial charge in [0, 0.05) is 43.3 Å². The molecule has 1 spiro atoms. The van der Waals surface area contributed by atoms with Gasteiger partial charge >= 0.3 is 0 Å². The fraction of sp³-hybridized carbons (Fsp3) is 0.412. The molecule has 1 N–H and O–H groups in total. The Hall–Kier alpha value is -2.14. The van der Waals surface area contributed by atoms with Crippen molar-refractivity contribution in [3.05, 3.63) is 48.4 Å². The largest absolute Gasteiger partial charge is 0.382 e. The van der Waals surface area contributed by atoms with Crippen molar-refractivity contribution in [2.24, 2.45) is 0 Å². The van der Waals surface area contributed by atoms with E-state index in [0.717, 1.165) is 44.9 Å². The van der Waals surface area contributed by atoms with Gasteiger partial charge in [-0.25, -0.2) is 4.98 Å². The van der Waals surface area contributed by atoms with E-state index in [1.165, 1.54) is 11.3 Å². The molecule has 0 bridgehead atoms. The standard InChI is InChI=1S/C17H20N4O/c1-2-4-15-14(3-1)17(22-12-9-19-15)5-10-21(11-6-17)16-13-18-7-8-20-16/h1-4,7-8,13,19H,5-6,9-12H2. The summed E-state index contributed by atoms with van der Waals surface area (Å²) in [4.78, 5) is 10.9. The van der Waals surface area contributed by atoms with Crippen molar-refractivity contribution in [3.8, 4) is 0 Å². The smallest absolute Gasteiger partial charge is 0.147 e. The molecule has 0 radical (unpaired) electrons. The first-order valence-corrected chi connectivity index (χ1v) is 7.86. The van der Waals surface area contributed by atoms with E-state index in [1.807, 2.05) is 6.20 Å². The van der Waals surface area contributed by atoms with Crippen LogP contribution in [0.4, 0.5) is 11.5 Å². The molecule has 2 aliphatic heterocycles. The van der Waals surface area contributed by atoms with Crippen molar-refractivity contribution >= 4 is 11.5 Å². The summed E-state index contributed by atoms with van der Waals surface area (Å²) in [5, 5.41) is 3.48. The van der Waals surface area contributed by atoms with E-state index in [1.54, 1.807) is 12.4 Å². The molecule has 0 saturated carbocycles. The molecule has 22 heavy (non-hydrogen) atoms. The highest BCUT2D eigenvalue weighted by Crippen LogP contribution is 2.42. The van der Waals surface area contributed by atoms with E-state index in [-0.39, 0.29) is 5.60 Å². The molecule has 5 heteroatoms. The quantitative estimate of drug-likeness (QED) is 0.876. The van der Waals surface area contributed by atoms with Crippen LogP contribution < -0.4 is 10.2 Å². The number of para-hydroxylation sites is 1. The van der Waals surface area contributed by atoms with E-state index >= 15 is 0 Å². The van der Waals surface area contributed by atoms with Crippen LogP contribution in [0, 0.1) is 0 Å². The van der Waals surface area contributed by atoms with E-state index < -0.39 is 0 Å². The van der Waals surface area contributed by atoms with Gasteiger partial charge in [-0.2, -0.15) is 0 Å². The molecule has 1 fully saturated rings. The van der Waals surface area contributed by atoms with Crippen LogP contribution in [0.25, 0.3) is 0 Å². The van der Waals surface area contributed by atoms with Crippen molar-refractivity contribution in [1.29, 1.82) is 0 Å². The predicted octanol–water partition coefficient (Wildman–Crippen LogP) is 2.41. The monoisotopic (exact) mass is 296 g/mol. The molecule has 3 heterocycles. The molecule has 0 aliphatic carbocycles. The number of piperidine rings is 1. The Bertz CT molecular complexity index is 638. The second kappa shape index (κ2) is 5.57. The molecule has 0 amide bonds. The summed E-state index contributed by atoms with van der Waals surface area (Å²) in [5.74, 6) is 0.956. The molecular weight excluding hydrogens is 276 g/mol. The summed E-state index contributed by atoms with van der Waals surface area (Å²) in [6.45, 7) is 3.49. The topological polar surface area (TPSA) is 50.3 Å². The van der Waals surface area contributed by atoms with Crippen LogP contribution in [-0.2, 0) is 10.3 Å². The normalized spacial score (nSPS) is 20.1. The number of fused-ring (bicyclic) bond motifs is 2. The van der Waals surface area contributed by atoms with Crippen molar-refractivity contribution in [2.75, 3.05) is 36.5 Å². The van der Waals surface area contributed by atoms with Crippen LogP contribution in [-0.4, -0.2) is 36.2 Å². The number of anilines is 2. The highest BCUT2D eigenvalue weighted by molar-refractivity contribution is 5.55. The third-order valence-corrected chi connectivity index (χ3v) is 4.66. The molecule has 2 aliphatic rings. The molecule has 4 rings (SSSR count). The van der Waals surface area contributed by atoms with Crippen molar-refractivity contribution in [3.63, 3.8) is 0 Å². The van der Waals surface area contributed by atoms with Gasteiger partial charge in [-0.05, 0) is 18.9 Å². The number of nitrogens with one attached hydrogen (secondary N) is 1. The average molecular weight is 296 g/mol. The summed E-state index contributed by atoms with van der Waals surface area (Å²) in [7, 11) is 0. The fourth-order valence-corrected chi connectivity index (χ4v) is 3.51. The minimum Gasteiger partial charge on any atom is -0.382 e. The number of hydrogen-bond acceptors (Lipinski definition) is 5. The Balaban J connectivity index is 1.59. The Morgan fingerprint density at radius 3 is 2.82 bits per heavy atom. The summed E-state index contributed by atoms with van der Waals surface area (Å²) in [6, 6.07) is 8.54. The van der Waals surface area contributed by atoms with Crippen LogP contribution in [0.15, 0.2) is 42.9 Å². The molecule has 0 unspecified atom stereocenters. The van der Waals surface area contributed by atoms with Gasteiger partial charge in [0.25, 0.3) is 0 Å². The zero-order chi connectivity index (χ0) is 14.8. The molecule has 114 valence electrons. The first-order chi connectivity index (χ1) is 10.9. The lowest BCUT2D eigenvalue weighted by molar-refractivity contribution is -0.0599. The summed E-state index contributed by atoms with van der Waals surface area (Å²) in [5.41, 5.74) is 2.35. The number of ether oxygens (including phenoxy) is 1. The lowest BCUT2D eigenvalue weighted by Gasteiger charge is -2.42.